The highest BCUT2D eigenvalue weighted by Gasteiger charge is 2.46. The van der Waals surface area contributed by atoms with Gasteiger partial charge in [0.15, 0.2) is 0 Å². The van der Waals surface area contributed by atoms with Crippen LogP contribution < -0.4 is 15.4 Å². The third-order valence-corrected chi connectivity index (χ3v) is 5.04. The summed E-state index contributed by atoms with van der Waals surface area (Å²) in [4.78, 5) is 24.4. The van der Waals surface area contributed by atoms with Crippen LogP contribution in [0.2, 0.25) is 0 Å². The van der Waals surface area contributed by atoms with Crippen molar-refractivity contribution in [2.45, 2.75) is 32.1 Å². The second kappa shape index (κ2) is 8.12. The Kier molecular flexibility index (Phi) is 5.64. The Hall–Kier alpha value is -3.02. The van der Waals surface area contributed by atoms with Crippen LogP contribution >= 0.6 is 0 Å². The standard InChI is InChI=1S/C21H24N2O4/c1-22-15-5-9-17(10-6-15)27-18-11-7-16(8-12-18)23-19(24)21(20(25)26)13-3-2-4-14-21/h5-12,22H,2-4,13-14H2,1H3,(H,23,24)(H,25,26). The molecule has 3 N–H and O–H groups in total. The quantitative estimate of drug-likeness (QED) is 0.654. The molecule has 1 amide bonds. The van der Waals surface area contributed by atoms with Crippen LogP contribution in [0.25, 0.3) is 0 Å². The topological polar surface area (TPSA) is 87.7 Å². The Morgan fingerprint density at radius 1 is 0.889 bits per heavy atom. The molecule has 1 fully saturated rings. The second-order valence-corrected chi connectivity index (χ2v) is 6.80. The Labute approximate surface area is 158 Å². The molecular weight excluding hydrogens is 344 g/mol. The van der Waals surface area contributed by atoms with Gasteiger partial charge in [-0.15, -0.1) is 0 Å². The maximum atomic E-state index is 12.6. The number of carboxylic acids is 1. The number of carbonyl (C=O) groups is 2. The number of hydrogen-bond donors (Lipinski definition) is 3. The summed E-state index contributed by atoms with van der Waals surface area (Å²) in [5, 5.41) is 15.4. The summed E-state index contributed by atoms with van der Waals surface area (Å²) < 4.78 is 5.78. The molecule has 0 atom stereocenters. The van der Waals surface area contributed by atoms with E-state index in [0.717, 1.165) is 24.9 Å². The third kappa shape index (κ3) is 4.22. The molecule has 0 unspecified atom stereocenters. The number of ether oxygens (including phenoxy) is 1. The van der Waals surface area contributed by atoms with Crippen molar-refractivity contribution in [1.82, 2.24) is 0 Å². The van der Waals surface area contributed by atoms with Gasteiger partial charge in [-0.3, -0.25) is 9.59 Å². The lowest BCUT2D eigenvalue weighted by atomic mass is 9.73. The van der Waals surface area contributed by atoms with Crippen LogP contribution in [0.5, 0.6) is 11.5 Å². The molecule has 0 saturated heterocycles. The highest BCUT2D eigenvalue weighted by Crippen LogP contribution is 2.38. The molecule has 0 radical (unpaired) electrons. The van der Waals surface area contributed by atoms with Crippen molar-refractivity contribution in [3.63, 3.8) is 0 Å². The molecule has 27 heavy (non-hydrogen) atoms. The van der Waals surface area contributed by atoms with Crippen LogP contribution in [0.4, 0.5) is 11.4 Å². The highest BCUT2D eigenvalue weighted by atomic mass is 16.5. The number of rotatable bonds is 6. The largest absolute Gasteiger partial charge is 0.480 e. The average molecular weight is 368 g/mol. The Morgan fingerprint density at radius 2 is 1.41 bits per heavy atom. The first-order valence-electron chi connectivity index (χ1n) is 9.14. The van der Waals surface area contributed by atoms with Crippen molar-refractivity contribution in [2.75, 3.05) is 17.7 Å². The van der Waals surface area contributed by atoms with Crippen molar-refractivity contribution in [3.8, 4) is 11.5 Å². The predicted molar refractivity (Wildman–Crippen MR) is 104 cm³/mol. The van der Waals surface area contributed by atoms with E-state index in [4.69, 9.17) is 4.74 Å². The smallest absolute Gasteiger partial charge is 0.319 e. The fraction of sp³-hybridized carbons (Fsp3) is 0.333. The van der Waals surface area contributed by atoms with Gasteiger partial charge in [-0.25, -0.2) is 0 Å². The first-order valence-corrected chi connectivity index (χ1v) is 9.14. The Bertz CT molecular complexity index is 794. The summed E-state index contributed by atoms with van der Waals surface area (Å²) in [5.41, 5.74) is 0.238. The third-order valence-electron chi connectivity index (χ3n) is 5.04. The van der Waals surface area contributed by atoms with E-state index in [2.05, 4.69) is 10.6 Å². The highest BCUT2D eigenvalue weighted by molar-refractivity contribution is 6.08. The lowest BCUT2D eigenvalue weighted by molar-refractivity contribution is -0.156. The first kappa shape index (κ1) is 18.8. The molecule has 1 aliphatic carbocycles. The SMILES string of the molecule is CNc1ccc(Oc2ccc(NC(=O)C3(C(=O)O)CCCCC3)cc2)cc1. The number of anilines is 2. The molecule has 1 saturated carbocycles. The van der Waals surface area contributed by atoms with Crippen molar-refractivity contribution >= 4 is 23.3 Å². The number of benzene rings is 2. The van der Waals surface area contributed by atoms with E-state index in [1.165, 1.54) is 0 Å². The van der Waals surface area contributed by atoms with E-state index in [-0.39, 0.29) is 0 Å². The zero-order valence-electron chi connectivity index (χ0n) is 15.3. The number of carboxylic acid groups (broad SMARTS) is 1. The maximum Gasteiger partial charge on any atom is 0.319 e. The number of carbonyl (C=O) groups excluding carboxylic acids is 1. The van der Waals surface area contributed by atoms with Gasteiger partial charge in [-0.1, -0.05) is 19.3 Å². The van der Waals surface area contributed by atoms with Crippen molar-refractivity contribution < 1.29 is 19.4 Å². The van der Waals surface area contributed by atoms with E-state index in [1.807, 2.05) is 31.3 Å². The number of amides is 1. The summed E-state index contributed by atoms with van der Waals surface area (Å²) in [5.74, 6) is -0.135. The molecule has 2 aromatic rings. The molecule has 6 nitrogen and oxygen atoms in total. The van der Waals surface area contributed by atoms with Gasteiger partial charge in [0.05, 0.1) is 0 Å². The van der Waals surface area contributed by atoms with Gasteiger partial charge in [-0.2, -0.15) is 0 Å². The van der Waals surface area contributed by atoms with E-state index in [0.29, 0.717) is 30.0 Å². The second-order valence-electron chi connectivity index (χ2n) is 6.80. The molecule has 0 aromatic heterocycles. The van der Waals surface area contributed by atoms with Crippen LogP contribution in [0.15, 0.2) is 48.5 Å². The summed E-state index contributed by atoms with van der Waals surface area (Å²) in [6.45, 7) is 0. The minimum atomic E-state index is -1.32. The van der Waals surface area contributed by atoms with E-state index in [1.54, 1.807) is 24.3 Å². The van der Waals surface area contributed by atoms with Crippen LogP contribution in [0.3, 0.4) is 0 Å². The molecule has 0 bridgehead atoms. The van der Waals surface area contributed by atoms with Crippen molar-refractivity contribution in [1.29, 1.82) is 0 Å². The van der Waals surface area contributed by atoms with E-state index < -0.39 is 17.3 Å². The Balaban J connectivity index is 1.66. The molecule has 0 spiro atoms. The summed E-state index contributed by atoms with van der Waals surface area (Å²) in [6.07, 6.45) is 3.28. The number of aliphatic carboxylic acids is 1. The van der Waals surface area contributed by atoms with Gasteiger partial charge in [0.25, 0.3) is 0 Å². The summed E-state index contributed by atoms with van der Waals surface area (Å²) >= 11 is 0. The normalized spacial score (nSPS) is 15.6. The average Bonchev–Trinajstić information content (AvgIpc) is 2.70. The van der Waals surface area contributed by atoms with Gasteiger partial charge in [0, 0.05) is 18.4 Å². The molecule has 0 aliphatic heterocycles. The maximum absolute atomic E-state index is 12.6. The molecule has 0 heterocycles. The fourth-order valence-corrected chi connectivity index (χ4v) is 3.38. The van der Waals surface area contributed by atoms with Crippen molar-refractivity contribution in [2.24, 2.45) is 5.41 Å². The van der Waals surface area contributed by atoms with Crippen LogP contribution in [-0.2, 0) is 9.59 Å². The van der Waals surface area contributed by atoms with E-state index in [9.17, 15) is 14.7 Å². The van der Waals surface area contributed by atoms with Crippen LogP contribution in [-0.4, -0.2) is 24.0 Å². The first-order chi connectivity index (χ1) is 13.0. The van der Waals surface area contributed by atoms with Gasteiger partial charge in [0.2, 0.25) is 5.91 Å². The van der Waals surface area contributed by atoms with Crippen molar-refractivity contribution in [3.05, 3.63) is 48.5 Å². The predicted octanol–water partition coefficient (Wildman–Crippen LogP) is 4.49. The lowest BCUT2D eigenvalue weighted by Crippen LogP contribution is -2.44. The molecule has 2 aromatic carbocycles. The van der Waals surface area contributed by atoms with Gasteiger partial charge < -0.3 is 20.5 Å². The zero-order valence-corrected chi connectivity index (χ0v) is 15.3. The van der Waals surface area contributed by atoms with Gasteiger partial charge in [0.1, 0.15) is 16.9 Å². The van der Waals surface area contributed by atoms with Crippen LogP contribution in [0, 0.1) is 5.41 Å². The van der Waals surface area contributed by atoms with Crippen LogP contribution in [0.1, 0.15) is 32.1 Å². The van der Waals surface area contributed by atoms with Gasteiger partial charge >= 0.3 is 5.97 Å². The van der Waals surface area contributed by atoms with Gasteiger partial charge in [-0.05, 0) is 61.4 Å². The Morgan fingerprint density at radius 3 is 1.89 bits per heavy atom. The molecule has 3 rings (SSSR count). The molecular formula is C21H24N2O4. The summed E-state index contributed by atoms with van der Waals surface area (Å²) in [7, 11) is 1.85. The number of nitrogens with one attached hydrogen (secondary N) is 2. The molecule has 6 heteroatoms. The molecule has 1 aliphatic rings. The number of hydrogen-bond acceptors (Lipinski definition) is 4. The minimum Gasteiger partial charge on any atom is -0.480 e. The van der Waals surface area contributed by atoms with E-state index >= 15 is 0 Å². The monoisotopic (exact) mass is 368 g/mol. The minimum absolute atomic E-state index is 0.387. The summed E-state index contributed by atoms with van der Waals surface area (Å²) in [6, 6.07) is 14.5. The lowest BCUT2D eigenvalue weighted by Gasteiger charge is -2.31. The fourth-order valence-electron chi connectivity index (χ4n) is 3.38. The zero-order chi connectivity index (χ0) is 19.3. The molecule has 142 valence electrons.